The Balaban J connectivity index is 1.32. The van der Waals surface area contributed by atoms with Crippen LogP contribution in [0.15, 0.2) is 59.8 Å². The van der Waals surface area contributed by atoms with Crippen molar-refractivity contribution in [3.8, 4) is 5.69 Å². The van der Waals surface area contributed by atoms with Crippen LogP contribution in [0.1, 0.15) is 42.5 Å². The standard InChI is InChI=1S/C25H27N5O2S/c31-22(19-11-13-20(14-12-19)29-17-7-10-23(29)32)18-33-25-27-26-24(28-15-5-2-6-16-28)30(25)21-8-3-1-4-9-21/h1,3-4,8-9,11-14H,2,5-7,10,15-18H2. The first-order valence-electron chi connectivity index (χ1n) is 11.5. The normalized spacial score (nSPS) is 16.4. The van der Waals surface area contributed by atoms with Crippen molar-refractivity contribution < 1.29 is 9.59 Å². The van der Waals surface area contributed by atoms with Crippen LogP contribution in [0.3, 0.4) is 0 Å². The highest BCUT2D eigenvalue weighted by atomic mass is 32.2. The number of amides is 1. The van der Waals surface area contributed by atoms with Gasteiger partial charge in [-0.25, -0.2) is 0 Å². The topological polar surface area (TPSA) is 71.3 Å². The van der Waals surface area contributed by atoms with E-state index in [0.29, 0.717) is 12.0 Å². The number of nitrogens with zero attached hydrogens (tertiary/aromatic N) is 5. The summed E-state index contributed by atoms with van der Waals surface area (Å²) < 4.78 is 2.06. The summed E-state index contributed by atoms with van der Waals surface area (Å²) >= 11 is 1.41. The molecule has 5 rings (SSSR count). The third kappa shape index (κ3) is 4.66. The molecule has 2 aliphatic heterocycles. The summed E-state index contributed by atoms with van der Waals surface area (Å²) in [5.74, 6) is 1.29. The van der Waals surface area contributed by atoms with Crippen LogP contribution in [0, 0.1) is 0 Å². The molecule has 1 amide bonds. The zero-order valence-electron chi connectivity index (χ0n) is 18.5. The Morgan fingerprint density at radius 3 is 2.30 bits per heavy atom. The fraction of sp³-hybridized carbons (Fsp3) is 0.360. The van der Waals surface area contributed by atoms with Gasteiger partial charge in [-0.05, 0) is 62.1 Å². The Labute approximate surface area is 197 Å². The third-order valence-electron chi connectivity index (χ3n) is 6.18. The molecule has 0 saturated carbocycles. The van der Waals surface area contributed by atoms with Gasteiger partial charge < -0.3 is 9.80 Å². The highest BCUT2D eigenvalue weighted by molar-refractivity contribution is 7.99. The largest absolute Gasteiger partial charge is 0.341 e. The molecule has 0 spiro atoms. The summed E-state index contributed by atoms with van der Waals surface area (Å²) in [6, 6.07) is 17.4. The number of aromatic nitrogens is 3. The highest BCUT2D eigenvalue weighted by Crippen LogP contribution is 2.29. The van der Waals surface area contributed by atoms with Crippen molar-refractivity contribution >= 4 is 35.1 Å². The van der Waals surface area contributed by atoms with E-state index in [1.54, 1.807) is 4.90 Å². The van der Waals surface area contributed by atoms with Crippen molar-refractivity contribution in [1.82, 2.24) is 14.8 Å². The van der Waals surface area contributed by atoms with Gasteiger partial charge in [-0.2, -0.15) is 0 Å². The molecule has 33 heavy (non-hydrogen) atoms. The van der Waals surface area contributed by atoms with Crippen LogP contribution in [0.2, 0.25) is 0 Å². The monoisotopic (exact) mass is 461 g/mol. The van der Waals surface area contributed by atoms with Gasteiger partial charge in [0, 0.05) is 37.3 Å². The second-order valence-corrected chi connectivity index (χ2v) is 9.35. The zero-order valence-corrected chi connectivity index (χ0v) is 19.3. The minimum atomic E-state index is 0.0291. The zero-order chi connectivity index (χ0) is 22.6. The number of benzene rings is 2. The summed E-state index contributed by atoms with van der Waals surface area (Å²) in [7, 11) is 0. The van der Waals surface area contributed by atoms with Crippen LogP contribution in [0.5, 0.6) is 0 Å². The Morgan fingerprint density at radius 1 is 0.848 bits per heavy atom. The maximum absolute atomic E-state index is 12.9. The number of Topliss-reactive ketones (excluding diaryl/α,β-unsaturated/α-hetero) is 1. The summed E-state index contributed by atoms with van der Waals surface area (Å²) in [4.78, 5) is 28.9. The van der Waals surface area contributed by atoms with Gasteiger partial charge in [-0.1, -0.05) is 30.0 Å². The van der Waals surface area contributed by atoms with Crippen molar-refractivity contribution in [3.05, 3.63) is 60.2 Å². The van der Waals surface area contributed by atoms with Crippen LogP contribution in [-0.2, 0) is 4.79 Å². The average Bonchev–Trinajstić information content (AvgIpc) is 3.50. The van der Waals surface area contributed by atoms with Gasteiger partial charge in [0.25, 0.3) is 0 Å². The fourth-order valence-electron chi connectivity index (χ4n) is 4.42. The first-order valence-corrected chi connectivity index (χ1v) is 12.5. The van der Waals surface area contributed by atoms with E-state index in [2.05, 4.69) is 19.7 Å². The molecule has 0 unspecified atom stereocenters. The number of ketones is 1. The van der Waals surface area contributed by atoms with Crippen molar-refractivity contribution in [1.29, 1.82) is 0 Å². The maximum Gasteiger partial charge on any atom is 0.232 e. The summed E-state index contributed by atoms with van der Waals surface area (Å²) in [6.45, 7) is 2.69. The number of para-hydroxylation sites is 1. The van der Waals surface area contributed by atoms with Crippen molar-refractivity contribution in [2.24, 2.45) is 0 Å². The molecule has 0 atom stereocenters. The molecule has 2 aliphatic rings. The van der Waals surface area contributed by atoms with E-state index in [9.17, 15) is 9.59 Å². The number of hydrogen-bond acceptors (Lipinski definition) is 6. The summed E-state index contributed by atoms with van der Waals surface area (Å²) in [5, 5.41) is 9.66. The van der Waals surface area contributed by atoms with Crippen molar-refractivity contribution in [2.45, 2.75) is 37.3 Å². The van der Waals surface area contributed by atoms with Crippen molar-refractivity contribution in [2.75, 3.05) is 35.2 Å². The summed E-state index contributed by atoms with van der Waals surface area (Å²) in [6.07, 6.45) is 5.04. The van der Waals surface area contributed by atoms with Gasteiger partial charge >= 0.3 is 0 Å². The van der Waals surface area contributed by atoms with Gasteiger partial charge in [0.05, 0.1) is 11.4 Å². The number of carbonyl (C=O) groups is 2. The highest BCUT2D eigenvalue weighted by Gasteiger charge is 2.23. The molecule has 0 aliphatic carbocycles. The second-order valence-electron chi connectivity index (χ2n) is 8.41. The third-order valence-corrected chi connectivity index (χ3v) is 7.11. The number of rotatable bonds is 7. The first-order chi connectivity index (χ1) is 16.2. The molecule has 3 aromatic rings. The van der Waals surface area contributed by atoms with Gasteiger partial charge in [0.2, 0.25) is 11.9 Å². The van der Waals surface area contributed by atoms with E-state index < -0.39 is 0 Å². The number of carbonyl (C=O) groups excluding carboxylic acids is 2. The maximum atomic E-state index is 12.9. The van der Waals surface area contributed by atoms with E-state index in [0.717, 1.165) is 61.4 Å². The number of hydrogen-bond donors (Lipinski definition) is 0. The SMILES string of the molecule is O=C(CSc1nnc(N2CCCCC2)n1-c1ccccc1)c1ccc(N2CCCC2=O)cc1. The van der Waals surface area contributed by atoms with Crippen LogP contribution < -0.4 is 9.80 Å². The van der Waals surface area contributed by atoms with Crippen LogP contribution >= 0.6 is 11.8 Å². The van der Waals surface area contributed by atoms with Crippen LogP contribution in [-0.4, -0.2) is 51.8 Å². The van der Waals surface area contributed by atoms with Gasteiger partial charge in [0.15, 0.2) is 10.9 Å². The van der Waals surface area contributed by atoms with E-state index in [4.69, 9.17) is 0 Å². The lowest BCUT2D eigenvalue weighted by Crippen LogP contribution is -2.31. The number of piperidine rings is 1. The molecule has 7 nitrogen and oxygen atoms in total. The lowest BCUT2D eigenvalue weighted by Gasteiger charge is -2.27. The minimum Gasteiger partial charge on any atom is -0.341 e. The van der Waals surface area contributed by atoms with E-state index >= 15 is 0 Å². The predicted molar refractivity (Wildman–Crippen MR) is 131 cm³/mol. The number of thioether (sulfide) groups is 1. The Bertz CT molecular complexity index is 1120. The van der Waals surface area contributed by atoms with Crippen LogP contribution in [0.4, 0.5) is 11.6 Å². The molecule has 170 valence electrons. The molecule has 1 aromatic heterocycles. The van der Waals surface area contributed by atoms with Gasteiger partial charge in [-0.15, -0.1) is 10.2 Å². The lowest BCUT2D eigenvalue weighted by molar-refractivity contribution is -0.117. The van der Waals surface area contributed by atoms with E-state index in [-0.39, 0.29) is 17.4 Å². The molecule has 8 heteroatoms. The molecule has 3 heterocycles. The van der Waals surface area contributed by atoms with E-state index in [1.807, 2.05) is 54.6 Å². The molecule has 2 aromatic carbocycles. The second kappa shape index (κ2) is 9.79. The molecule has 0 radical (unpaired) electrons. The molecule has 0 N–H and O–H groups in total. The quantitative estimate of drug-likeness (QED) is 0.385. The van der Waals surface area contributed by atoms with Crippen LogP contribution in [0.25, 0.3) is 5.69 Å². The smallest absolute Gasteiger partial charge is 0.232 e. The lowest BCUT2D eigenvalue weighted by atomic mass is 10.1. The van der Waals surface area contributed by atoms with E-state index in [1.165, 1.54) is 18.2 Å². The molecular weight excluding hydrogens is 434 g/mol. The van der Waals surface area contributed by atoms with Gasteiger partial charge in [0.1, 0.15) is 0 Å². The molecule has 2 fully saturated rings. The Morgan fingerprint density at radius 2 is 1.61 bits per heavy atom. The Kier molecular flexibility index (Phi) is 6.44. The van der Waals surface area contributed by atoms with Crippen molar-refractivity contribution in [3.63, 3.8) is 0 Å². The fourth-order valence-corrected chi connectivity index (χ4v) is 5.26. The molecule has 2 saturated heterocycles. The first kappa shape index (κ1) is 21.7. The molecule has 0 bridgehead atoms. The predicted octanol–water partition coefficient (Wildman–Crippen LogP) is 4.36. The number of anilines is 2. The summed E-state index contributed by atoms with van der Waals surface area (Å²) in [5.41, 5.74) is 2.49. The molecular formula is C25H27N5O2S. The average molecular weight is 462 g/mol. The minimum absolute atomic E-state index is 0.0291. The Hall–Kier alpha value is -3.13. The van der Waals surface area contributed by atoms with Gasteiger partial charge in [-0.3, -0.25) is 14.2 Å².